The number of hydrogen-bond acceptors (Lipinski definition) is 3. The lowest BCUT2D eigenvalue weighted by Gasteiger charge is -2.19. The van der Waals surface area contributed by atoms with E-state index >= 15 is 0 Å². The van der Waals surface area contributed by atoms with Crippen molar-refractivity contribution in [3.8, 4) is 23.0 Å². The van der Waals surface area contributed by atoms with Crippen molar-refractivity contribution < 1.29 is 4.74 Å². The molecule has 2 aromatic carbocycles. The van der Waals surface area contributed by atoms with E-state index in [1.165, 1.54) is 0 Å². The van der Waals surface area contributed by atoms with Gasteiger partial charge in [0.15, 0.2) is 0 Å². The molecule has 21 heavy (non-hydrogen) atoms. The summed E-state index contributed by atoms with van der Waals surface area (Å²) >= 11 is 5.48. The van der Waals surface area contributed by atoms with Crippen LogP contribution >= 0.6 is 12.2 Å². The first-order valence-electron chi connectivity index (χ1n) is 6.75. The topological polar surface area (TPSA) is 37.9 Å². The maximum Gasteiger partial charge on any atom is 0.227 e. The Morgan fingerprint density at radius 1 is 1.00 bits per heavy atom. The molecule has 0 aliphatic carbocycles. The lowest BCUT2D eigenvalue weighted by atomic mass is 10.0. The molecule has 0 saturated heterocycles. The fraction of sp³-hybridized carbons (Fsp3) is 0.0588. The highest BCUT2D eigenvalue weighted by Crippen LogP contribution is 2.36. The Bertz CT molecular complexity index is 871. The van der Waals surface area contributed by atoms with E-state index in [9.17, 15) is 0 Å². The van der Waals surface area contributed by atoms with Crippen molar-refractivity contribution >= 4 is 12.2 Å². The van der Waals surface area contributed by atoms with Gasteiger partial charge in [-0.15, -0.1) is 0 Å². The minimum atomic E-state index is 0.608. The van der Waals surface area contributed by atoms with E-state index in [-0.39, 0.29) is 0 Å². The fourth-order valence-electron chi connectivity index (χ4n) is 2.49. The highest BCUT2D eigenvalue weighted by molar-refractivity contribution is 7.71. The molecule has 0 spiro atoms. The summed E-state index contributed by atoms with van der Waals surface area (Å²) in [5.74, 6) is 2.20. The van der Waals surface area contributed by atoms with Crippen LogP contribution < -0.4 is 4.74 Å². The van der Waals surface area contributed by atoms with Crippen molar-refractivity contribution in [3.05, 3.63) is 70.4 Å². The van der Waals surface area contributed by atoms with Crippen LogP contribution in [-0.2, 0) is 6.42 Å². The number of aromatic nitrogens is 2. The van der Waals surface area contributed by atoms with Crippen molar-refractivity contribution in [1.29, 1.82) is 0 Å². The second kappa shape index (κ2) is 4.82. The van der Waals surface area contributed by atoms with Crippen molar-refractivity contribution in [2.45, 2.75) is 6.42 Å². The average Bonchev–Trinajstić information content (AvgIpc) is 2.54. The Morgan fingerprint density at radius 2 is 1.76 bits per heavy atom. The van der Waals surface area contributed by atoms with Gasteiger partial charge in [0, 0.05) is 12.0 Å². The highest BCUT2D eigenvalue weighted by Gasteiger charge is 2.20. The molecule has 3 aromatic rings. The summed E-state index contributed by atoms with van der Waals surface area (Å²) in [6.07, 6.45) is 0.753. The van der Waals surface area contributed by atoms with Crippen LogP contribution in [-0.4, -0.2) is 9.97 Å². The van der Waals surface area contributed by atoms with Crippen molar-refractivity contribution in [2.24, 2.45) is 0 Å². The molecular weight excluding hydrogens is 280 g/mol. The van der Waals surface area contributed by atoms with E-state index in [1.54, 1.807) is 0 Å². The molecule has 4 heteroatoms. The normalized spacial score (nSPS) is 12.2. The number of para-hydroxylation sites is 1. The van der Waals surface area contributed by atoms with Gasteiger partial charge in [0.1, 0.15) is 16.2 Å². The summed E-state index contributed by atoms with van der Waals surface area (Å²) in [6.45, 7) is 0. The van der Waals surface area contributed by atoms with Crippen molar-refractivity contribution in [1.82, 2.24) is 9.97 Å². The summed E-state index contributed by atoms with van der Waals surface area (Å²) < 4.78 is 6.61. The lowest BCUT2D eigenvalue weighted by Crippen LogP contribution is -2.07. The maximum atomic E-state index is 5.92. The molecule has 0 fully saturated rings. The molecule has 1 N–H and O–H groups in total. The first-order chi connectivity index (χ1) is 10.3. The summed E-state index contributed by atoms with van der Waals surface area (Å²) in [5.41, 5.74) is 3.08. The molecule has 0 saturated carbocycles. The zero-order valence-corrected chi connectivity index (χ0v) is 12.0. The third kappa shape index (κ3) is 2.14. The Kier molecular flexibility index (Phi) is 2.82. The second-order valence-electron chi connectivity index (χ2n) is 4.95. The number of fused-ring (bicyclic) bond motifs is 2. The maximum absolute atomic E-state index is 5.92. The Hall–Kier alpha value is -2.46. The Balaban J connectivity index is 1.85. The van der Waals surface area contributed by atoms with Gasteiger partial charge in [0.05, 0.1) is 5.56 Å². The quantitative estimate of drug-likeness (QED) is 0.525. The van der Waals surface area contributed by atoms with Gasteiger partial charge >= 0.3 is 0 Å². The van der Waals surface area contributed by atoms with Gasteiger partial charge < -0.3 is 9.72 Å². The number of ether oxygens (including phenoxy) is 1. The van der Waals surface area contributed by atoms with Gasteiger partial charge in [-0.1, -0.05) is 60.7 Å². The molecule has 0 radical (unpaired) electrons. The summed E-state index contributed by atoms with van der Waals surface area (Å²) in [5, 5.41) is 0. The average molecular weight is 292 g/mol. The van der Waals surface area contributed by atoms with E-state index in [0.717, 1.165) is 34.7 Å². The molecular formula is C17H12N2OS. The number of nitrogens with zero attached hydrogens (tertiary/aromatic N) is 1. The molecule has 0 amide bonds. The summed E-state index contributed by atoms with van der Waals surface area (Å²) in [4.78, 5) is 7.81. The van der Waals surface area contributed by atoms with Gasteiger partial charge in [0.2, 0.25) is 5.88 Å². The van der Waals surface area contributed by atoms with Gasteiger partial charge in [-0.3, -0.25) is 0 Å². The van der Waals surface area contributed by atoms with E-state index in [4.69, 9.17) is 17.0 Å². The minimum Gasteiger partial charge on any atom is -0.438 e. The van der Waals surface area contributed by atoms with Crippen LogP contribution in [0.5, 0.6) is 11.6 Å². The molecule has 0 unspecified atom stereocenters. The van der Waals surface area contributed by atoms with E-state index in [2.05, 4.69) is 16.0 Å². The first-order valence-corrected chi connectivity index (χ1v) is 7.16. The molecule has 4 rings (SSSR count). The first kappa shape index (κ1) is 12.3. The summed E-state index contributed by atoms with van der Waals surface area (Å²) in [6, 6.07) is 17.9. The Labute approximate surface area is 127 Å². The number of aromatic amines is 1. The van der Waals surface area contributed by atoms with Crippen LogP contribution in [0, 0.1) is 4.64 Å². The van der Waals surface area contributed by atoms with Gasteiger partial charge in [-0.25, -0.2) is 0 Å². The molecule has 3 nitrogen and oxygen atoms in total. The molecule has 1 aromatic heterocycles. The summed E-state index contributed by atoms with van der Waals surface area (Å²) in [7, 11) is 0. The van der Waals surface area contributed by atoms with E-state index in [1.807, 2.05) is 48.5 Å². The number of rotatable bonds is 1. The third-order valence-electron chi connectivity index (χ3n) is 3.57. The number of benzene rings is 2. The smallest absolute Gasteiger partial charge is 0.227 e. The van der Waals surface area contributed by atoms with Crippen LogP contribution in [0.3, 0.4) is 0 Å². The molecule has 2 heterocycles. The van der Waals surface area contributed by atoms with Crippen LogP contribution in [0.4, 0.5) is 0 Å². The zero-order chi connectivity index (χ0) is 14.2. The monoisotopic (exact) mass is 292 g/mol. The van der Waals surface area contributed by atoms with E-state index in [0.29, 0.717) is 10.5 Å². The lowest BCUT2D eigenvalue weighted by molar-refractivity contribution is 0.439. The Morgan fingerprint density at radius 3 is 2.62 bits per heavy atom. The molecule has 1 aliphatic heterocycles. The fourth-order valence-corrected chi connectivity index (χ4v) is 2.75. The minimum absolute atomic E-state index is 0.608. The SMILES string of the molecule is S=c1[nH]c(-c2ccccc2)nc2c1Cc1ccccc1O2. The standard InChI is InChI=1S/C17H12N2OS/c21-17-13-10-12-8-4-5-9-14(12)20-16(13)18-15(19-17)11-6-2-1-3-7-11/h1-9H,10H2,(H,18,19,21). The van der Waals surface area contributed by atoms with Gasteiger partial charge in [-0.2, -0.15) is 4.98 Å². The van der Waals surface area contributed by atoms with Crippen molar-refractivity contribution in [3.63, 3.8) is 0 Å². The third-order valence-corrected chi connectivity index (χ3v) is 3.92. The number of nitrogens with one attached hydrogen (secondary N) is 1. The largest absolute Gasteiger partial charge is 0.438 e. The molecule has 102 valence electrons. The predicted octanol–water partition coefficient (Wildman–Crippen LogP) is 4.50. The van der Waals surface area contributed by atoms with Crippen LogP contribution in [0.1, 0.15) is 11.1 Å². The van der Waals surface area contributed by atoms with Crippen LogP contribution in [0.25, 0.3) is 11.4 Å². The van der Waals surface area contributed by atoms with Crippen LogP contribution in [0.2, 0.25) is 0 Å². The van der Waals surface area contributed by atoms with E-state index < -0.39 is 0 Å². The second-order valence-corrected chi connectivity index (χ2v) is 5.36. The highest BCUT2D eigenvalue weighted by atomic mass is 32.1. The predicted molar refractivity (Wildman–Crippen MR) is 84.2 cm³/mol. The van der Waals surface area contributed by atoms with Gasteiger partial charge in [0.25, 0.3) is 0 Å². The molecule has 0 bridgehead atoms. The van der Waals surface area contributed by atoms with Crippen molar-refractivity contribution in [2.75, 3.05) is 0 Å². The zero-order valence-electron chi connectivity index (χ0n) is 11.2. The van der Waals surface area contributed by atoms with Gasteiger partial charge in [-0.05, 0) is 11.6 Å². The molecule has 0 atom stereocenters. The number of H-pyrrole nitrogens is 1. The number of hydrogen-bond donors (Lipinski definition) is 1. The molecule has 1 aliphatic rings. The van der Waals surface area contributed by atoms with Crippen LogP contribution in [0.15, 0.2) is 54.6 Å².